The van der Waals surface area contributed by atoms with E-state index < -0.39 is 24.5 Å². The number of anilines is 1. The van der Waals surface area contributed by atoms with E-state index in [1.165, 1.54) is 6.92 Å². The van der Waals surface area contributed by atoms with Crippen LogP contribution in [0.2, 0.25) is 5.02 Å². The molecule has 0 aliphatic heterocycles. The van der Waals surface area contributed by atoms with Crippen molar-refractivity contribution in [2.24, 2.45) is 0 Å². The average Bonchev–Trinajstić information content (AvgIpc) is 2.64. The van der Waals surface area contributed by atoms with Gasteiger partial charge in [-0.25, -0.2) is 0 Å². The Morgan fingerprint density at radius 1 is 1.48 bits per heavy atom. The molecule has 0 aliphatic rings. The lowest BCUT2D eigenvalue weighted by Gasteiger charge is -2.15. The summed E-state index contributed by atoms with van der Waals surface area (Å²) in [5.74, 6) is -0.610. The molecule has 0 saturated heterocycles. The molecule has 1 aromatic carbocycles. The standard InChI is InChI=1S/C13H12ClF3N2OS/c1-6(5-13(15,16)17)19-12(20)11-10(18)8-4-7(14)2-3-9(8)21-11/h2-4,6H,5,18H2,1H3,(H,19,20). The van der Waals surface area contributed by atoms with Crippen LogP contribution in [0.25, 0.3) is 10.1 Å². The second kappa shape index (κ2) is 5.73. The molecule has 2 aromatic rings. The van der Waals surface area contributed by atoms with Crippen molar-refractivity contribution in [1.82, 2.24) is 5.32 Å². The molecule has 1 amide bonds. The molecule has 0 saturated carbocycles. The van der Waals surface area contributed by atoms with Crippen molar-refractivity contribution in [3.63, 3.8) is 0 Å². The summed E-state index contributed by atoms with van der Waals surface area (Å²) in [5.41, 5.74) is 6.11. The molecule has 0 aliphatic carbocycles. The van der Waals surface area contributed by atoms with E-state index in [2.05, 4.69) is 5.32 Å². The van der Waals surface area contributed by atoms with Gasteiger partial charge in [0.15, 0.2) is 0 Å². The Hall–Kier alpha value is -1.47. The second-order valence-electron chi connectivity index (χ2n) is 4.68. The maximum Gasteiger partial charge on any atom is 0.391 e. The molecule has 8 heteroatoms. The number of hydrogen-bond acceptors (Lipinski definition) is 3. The van der Waals surface area contributed by atoms with Crippen LogP contribution >= 0.6 is 22.9 Å². The summed E-state index contributed by atoms with van der Waals surface area (Å²) in [7, 11) is 0. The van der Waals surface area contributed by atoms with Crippen LogP contribution in [0.1, 0.15) is 23.0 Å². The number of nitrogens with one attached hydrogen (secondary N) is 1. The Labute approximate surface area is 127 Å². The molecule has 0 fully saturated rings. The first kappa shape index (κ1) is 15.9. The Kier molecular flexibility index (Phi) is 4.34. The predicted octanol–water partition coefficient (Wildman–Crippen LogP) is 4.21. The lowest BCUT2D eigenvalue weighted by molar-refractivity contribution is -0.138. The summed E-state index contributed by atoms with van der Waals surface area (Å²) in [5, 5.41) is 3.41. The SMILES string of the molecule is CC(CC(F)(F)F)NC(=O)c1sc2ccc(Cl)cc2c1N. The molecule has 1 heterocycles. The molecule has 0 bridgehead atoms. The Balaban J connectivity index is 2.22. The van der Waals surface area contributed by atoms with Crippen LogP contribution in [-0.2, 0) is 0 Å². The average molecular weight is 337 g/mol. The molecule has 21 heavy (non-hydrogen) atoms. The number of alkyl halides is 3. The first-order chi connectivity index (χ1) is 9.67. The van der Waals surface area contributed by atoms with Crippen LogP contribution < -0.4 is 11.1 Å². The van der Waals surface area contributed by atoms with Gasteiger partial charge in [-0.05, 0) is 25.1 Å². The number of rotatable bonds is 3. The van der Waals surface area contributed by atoms with Crippen LogP contribution in [0.3, 0.4) is 0 Å². The minimum atomic E-state index is -4.33. The van der Waals surface area contributed by atoms with Crippen molar-refractivity contribution in [2.75, 3.05) is 5.73 Å². The number of carbonyl (C=O) groups is 1. The first-order valence-electron chi connectivity index (χ1n) is 6.02. The van der Waals surface area contributed by atoms with Gasteiger partial charge in [-0.2, -0.15) is 13.2 Å². The normalized spacial score (nSPS) is 13.4. The van der Waals surface area contributed by atoms with Gasteiger partial charge in [-0.3, -0.25) is 4.79 Å². The molecular weight excluding hydrogens is 325 g/mol. The molecule has 0 radical (unpaired) electrons. The van der Waals surface area contributed by atoms with Gasteiger partial charge in [0.25, 0.3) is 5.91 Å². The topological polar surface area (TPSA) is 55.1 Å². The van der Waals surface area contributed by atoms with E-state index >= 15 is 0 Å². The van der Waals surface area contributed by atoms with Crippen molar-refractivity contribution < 1.29 is 18.0 Å². The molecule has 3 nitrogen and oxygen atoms in total. The number of halogens is 4. The number of fused-ring (bicyclic) bond motifs is 1. The fraction of sp³-hybridized carbons (Fsp3) is 0.308. The van der Waals surface area contributed by atoms with E-state index in [0.717, 1.165) is 16.0 Å². The van der Waals surface area contributed by atoms with E-state index in [1.54, 1.807) is 18.2 Å². The van der Waals surface area contributed by atoms with E-state index in [0.29, 0.717) is 10.4 Å². The third-order valence-electron chi connectivity index (χ3n) is 2.81. The molecule has 0 spiro atoms. The summed E-state index contributed by atoms with van der Waals surface area (Å²) in [6.07, 6.45) is -5.42. The van der Waals surface area contributed by atoms with Crippen molar-refractivity contribution >= 4 is 44.6 Å². The van der Waals surface area contributed by atoms with Crippen LogP contribution in [0.4, 0.5) is 18.9 Å². The molecule has 1 unspecified atom stereocenters. The summed E-state index contributed by atoms with van der Waals surface area (Å²) >= 11 is 6.98. The van der Waals surface area contributed by atoms with Gasteiger partial charge >= 0.3 is 6.18 Å². The highest BCUT2D eigenvalue weighted by Crippen LogP contribution is 2.35. The third kappa shape index (κ3) is 3.79. The van der Waals surface area contributed by atoms with Crippen molar-refractivity contribution in [3.05, 3.63) is 28.1 Å². The number of thiophene rings is 1. The van der Waals surface area contributed by atoms with Crippen LogP contribution in [0, 0.1) is 0 Å². The van der Waals surface area contributed by atoms with Crippen LogP contribution in [0.15, 0.2) is 18.2 Å². The molecule has 114 valence electrons. The van der Waals surface area contributed by atoms with Crippen LogP contribution in [-0.4, -0.2) is 18.1 Å². The van der Waals surface area contributed by atoms with E-state index in [9.17, 15) is 18.0 Å². The number of hydrogen-bond donors (Lipinski definition) is 2. The first-order valence-corrected chi connectivity index (χ1v) is 7.22. The minimum absolute atomic E-state index is 0.196. The number of carbonyl (C=O) groups excluding carboxylic acids is 1. The lowest BCUT2D eigenvalue weighted by Crippen LogP contribution is -2.35. The predicted molar refractivity (Wildman–Crippen MR) is 78.8 cm³/mol. The van der Waals surface area contributed by atoms with Gasteiger partial charge in [-0.1, -0.05) is 11.6 Å². The quantitative estimate of drug-likeness (QED) is 0.882. The second-order valence-corrected chi connectivity index (χ2v) is 6.17. The molecule has 3 N–H and O–H groups in total. The Morgan fingerprint density at radius 3 is 2.76 bits per heavy atom. The molecule has 1 aromatic heterocycles. The van der Waals surface area contributed by atoms with Crippen molar-refractivity contribution in [1.29, 1.82) is 0 Å². The highest BCUT2D eigenvalue weighted by Gasteiger charge is 2.31. The van der Waals surface area contributed by atoms with Gasteiger partial charge < -0.3 is 11.1 Å². The van der Waals surface area contributed by atoms with Gasteiger partial charge in [0.2, 0.25) is 0 Å². The van der Waals surface area contributed by atoms with Gasteiger partial charge in [-0.15, -0.1) is 11.3 Å². The van der Waals surface area contributed by atoms with Gasteiger partial charge in [0, 0.05) is 21.2 Å². The number of nitrogens with two attached hydrogens (primary N) is 1. The van der Waals surface area contributed by atoms with Gasteiger partial charge in [0.05, 0.1) is 12.1 Å². The molecule has 1 atom stereocenters. The molecular formula is C13H12ClF3N2OS. The smallest absolute Gasteiger partial charge is 0.391 e. The van der Waals surface area contributed by atoms with E-state index in [1.807, 2.05) is 0 Å². The van der Waals surface area contributed by atoms with E-state index in [-0.39, 0.29) is 10.6 Å². The number of nitrogen functional groups attached to an aromatic ring is 1. The lowest BCUT2D eigenvalue weighted by atomic mass is 10.2. The summed E-state index contributed by atoms with van der Waals surface area (Å²) in [6, 6.07) is 3.98. The maximum absolute atomic E-state index is 12.3. The Morgan fingerprint density at radius 2 is 2.14 bits per heavy atom. The number of amides is 1. The van der Waals surface area contributed by atoms with Crippen LogP contribution in [0.5, 0.6) is 0 Å². The largest absolute Gasteiger partial charge is 0.397 e. The zero-order valence-electron chi connectivity index (χ0n) is 10.9. The zero-order chi connectivity index (χ0) is 15.8. The summed E-state index contributed by atoms with van der Waals surface area (Å²) < 4.78 is 37.5. The highest BCUT2D eigenvalue weighted by molar-refractivity contribution is 7.21. The molecule has 2 rings (SSSR count). The fourth-order valence-corrected chi connectivity index (χ4v) is 3.12. The fourth-order valence-electron chi connectivity index (χ4n) is 1.95. The zero-order valence-corrected chi connectivity index (χ0v) is 12.5. The minimum Gasteiger partial charge on any atom is -0.397 e. The van der Waals surface area contributed by atoms with Crippen molar-refractivity contribution in [3.8, 4) is 0 Å². The Bertz CT molecular complexity index is 684. The summed E-state index contributed by atoms with van der Waals surface area (Å²) in [4.78, 5) is 12.2. The highest BCUT2D eigenvalue weighted by atomic mass is 35.5. The van der Waals surface area contributed by atoms with E-state index in [4.69, 9.17) is 17.3 Å². The summed E-state index contributed by atoms with van der Waals surface area (Å²) in [6.45, 7) is 1.30. The van der Waals surface area contributed by atoms with Gasteiger partial charge in [0.1, 0.15) is 4.88 Å². The van der Waals surface area contributed by atoms with Crippen molar-refractivity contribution in [2.45, 2.75) is 25.6 Å². The maximum atomic E-state index is 12.3. The number of benzene rings is 1. The monoisotopic (exact) mass is 336 g/mol. The third-order valence-corrected chi connectivity index (χ3v) is 4.23.